The first-order chi connectivity index (χ1) is 14.5. The van der Waals surface area contributed by atoms with Crippen molar-refractivity contribution in [1.29, 1.82) is 5.26 Å². The summed E-state index contributed by atoms with van der Waals surface area (Å²) in [5.74, 6) is 0.690. The molecule has 5 nitrogen and oxygen atoms in total. The van der Waals surface area contributed by atoms with Crippen molar-refractivity contribution in [1.82, 2.24) is 5.32 Å². The second kappa shape index (κ2) is 10.4. The molecule has 30 heavy (non-hydrogen) atoms. The fourth-order valence-corrected chi connectivity index (χ4v) is 3.65. The summed E-state index contributed by atoms with van der Waals surface area (Å²) in [6, 6.07) is 12.7. The average Bonchev–Trinajstić information content (AvgIpc) is 3.26. The minimum Gasteiger partial charge on any atom is -0.493 e. The molecule has 156 valence electrons. The Morgan fingerprint density at radius 2 is 1.93 bits per heavy atom. The molecule has 0 radical (unpaired) electrons. The summed E-state index contributed by atoms with van der Waals surface area (Å²) in [4.78, 5) is 12.4. The first-order valence-electron chi connectivity index (χ1n) is 9.67. The Labute approximate surface area is 186 Å². The summed E-state index contributed by atoms with van der Waals surface area (Å²) in [7, 11) is 1.53. The SMILES string of the molecule is COc1cc(/C=C(/C#N)C(=O)NC2CCCC2)ccc1OCc1ccc(Cl)c(Cl)c1. The maximum absolute atomic E-state index is 12.4. The lowest BCUT2D eigenvalue weighted by Gasteiger charge is -2.13. The molecule has 0 heterocycles. The van der Waals surface area contributed by atoms with Crippen LogP contribution in [0.1, 0.15) is 36.8 Å². The number of nitrogens with zero attached hydrogens (tertiary/aromatic N) is 1. The summed E-state index contributed by atoms with van der Waals surface area (Å²) in [5, 5.41) is 13.3. The highest BCUT2D eigenvalue weighted by Crippen LogP contribution is 2.30. The molecule has 0 aromatic heterocycles. The highest BCUT2D eigenvalue weighted by Gasteiger charge is 2.19. The maximum atomic E-state index is 12.4. The third-order valence-corrected chi connectivity index (χ3v) is 5.67. The van der Waals surface area contributed by atoms with Gasteiger partial charge >= 0.3 is 0 Å². The van der Waals surface area contributed by atoms with E-state index in [2.05, 4.69) is 5.32 Å². The topological polar surface area (TPSA) is 71.3 Å². The van der Waals surface area contributed by atoms with E-state index in [0.29, 0.717) is 27.1 Å². The van der Waals surface area contributed by atoms with Gasteiger partial charge in [-0.25, -0.2) is 0 Å². The number of hydrogen-bond acceptors (Lipinski definition) is 4. The monoisotopic (exact) mass is 444 g/mol. The van der Waals surface area contributed by atoms with Crippen LogP contribution in [-0.4, -0.2) is 19.1 Å². The van der Waals surface area contributed by atoms with E-state index in [0.717, 1.165) is 31.2 Å². The van der Waals surface area contributed by atoms with Gasteiger partial charge in [0.05, 0.1) is 17.2 Å². The number of nitriles is 1. The normalized spacial score (nSPS) is 14.3. The van der Waals surface area contributed by atoms with Crippen LogP contribution in [-0.2, 0) is 11.4 Å². The van der Waals surface area contributed by atoms with Gasteiger partial charge in [0.25, 0.3) is 5.91 Å². The highest BCUT2D eigenvalue weighted by molar-refractivity contribution is 6.42. The summed E-state index contributed by atoms with van der Waals surface area (Å²) >= 11 is 12.0. The van der Waals surface area contributed by atoms with Crippen LogP contribution in [0.15, 0.2) is 42.0 Å². The van der Waals surface area contributed by atoms with E-state index in [-0.39, 0.29) is 24.1 Å². The molecule has 1 aliphatic rings. The Kier molecular flexibility index (Phi) is 7.62. The van der Waals surface area contributed by atoms with Crippen molar-refractivity contribution in [3.63, 3.8) is 0 Å². The van der Waals surface area contributed by atoms with Gasteiger partial charge in [0.2, 0.25) is 0 Å². The maximum Gasteiger partial charge on any atom is 0.262 e. The molecule has 7 heteroatoms. The number of carbonyl (C=O) groups excluding carboxylic acids is 1. The van der Waals surface area contributed by atoms with E-state index in [1.165, 1.54) is 7.11 Å². The van der Waals surface area contributed by atoms with Crippen LogP contribution in [0.25, 0.3) is 6.08 Å². The van der Waals surface area contributed by atoms with Crippen molar-refractivity contribution in [2.24, 2.45) is 0 Å². The molecule has 0 bridgehead atoms. The fourth-order valence-electron chi connectivity index (χ4n) is 3.33. The van der Waals surface area contributed by atoms with Gasteiger partial charge in [-0.1, -0.05) is 48.2 Å². The Bertz CT molecular complexity index is 992. The van der Waals surface area contributed by atoms with Gasteiger partial charge in [-0.3, -0.25) is 4.79 Å². The number of amides is 1. The predicted molar refractivity (Wildman–Crippen MR) is 118 cm³/mol. The quantitative estimate of drug-likeness (QED) is 0.448. The first kappa shape index (κ1) is 22.0. The zero-order chi connectivity index (χ0) is 21.5. The zero-order valence-corrected chi connectivity index (χ0v) is 18.1. The lowest BCUT2D eigenvalue weighted by molar-refractivity contribution is -0.117. The van der Waals surface area contributed by atoms with Gasteiger partial charge in [0.1, 0.15) is 18.2 Å². The average molecular weight is 445 g/mol. The summed E-state index contributed by atoms with van der Waals surface area (Å²) in [6.45, 7) is 0.287. The molecule has 1 N–H and O–H groups in total. The molecule has 3 rings (SSSR count). The molecule has 0 atom stereocenters. The first-order valence-corrected chi connectivity index (χ1v) is 10.4. The Balaban J connectivity index is 1.71. The van der Waals surface area contributed by atoms with E-state index in [4.69, 9.17) is 32.7 Å². The smallest absolute Gasteiger partial charge is 0.262 e. The number of rotatable bonds is 7. The molecule has 2 aromatic carbocycles. The summed E-state index contributed by atoms with van der Waals surface area (Å²) in [6.07, 6.45) is 5.69. The minimum atomic E-state index is -0.344. The van der Waals surface area contributed by atoms with Gasteiger partial charge in [-0.15, -0.1) is 0 Å². The third kappa shape index (κ3) is 5.69. The van der Waals surface area contributed by atoms with Gasteiger partial charge in [0.15, 0.2) is 11.5 Å². The third-order valence-electron chi connectivity index (χ3n) is 4.93. The standard InChI is InChI=1S/C23H22Cl2N2O3/c1-29-22-12-15(10-17(13-26)23(28)27-18-4-2-3-5-18)7-9-21(22)30-14-16-6-8-19(24)20(25)11-16/h6-12,18H,2-5,14H2,1H3,(H,27,28)/b17-10-. The molecule has 1 amide bonds. The van der Waals surface area contributed by atoms with Crippen molar-refractivity contribution in [3.05, 3.63) is 63.1 Å². The summed E-state index contributed by atoms with van der Waals surface area (Å²) < 4.78 is 11.3. The number of carbonyl (C=O) groups is 1. The number of halogens is 2. The molecular weight excluding hydrogens is 423 g/mol. The lowest BCUT2D eigenvalue weighted by Crippen LogP contribution is -2.33. The van der Waals surface area contributed by atoms with E-state index < -0.39 is 0 Å². The lowest BCUT2D eigenvalue weighted by atomic mass is 10.1. The molecule has 2 aromatic rings. The predicted octanol–water partition coefficient (Wildman–Crippen LogP) is 5.55. The molecule has 0 saturated heterocycles. The Morgan fingerprint density at radius 1 is 1.17 bits per heavy atom. The van der Waals surface area contributed by atoms with Crippen LogP contribution in [0.3, 0.4) is 0 Å². The van der Waals surface area contributed by atoms with Crippen LogP contribution in [0.5, 0.6) is 11.5 Å². The highest BCUT2D eigenvalue weighted by atomic mass is 35.5. The van der Waals surface area contributed by atoms with Crippen molar-refractivity contribution in [3.8, 4) is 17.6 Å². The van der Waals surface area contributed by atoms with Crippen LogP contribution in [0.4, 0.5) is 0 Å². The zero-order valence-electron chi connectivity index (χ0n) is 16.6. The van der Waals surface area contributed by atoms with Crippen molar-refractivity contribution >= 4 is 35.2 Å². The Morgan fingerprint density at radius 3 is 2.60 bits per heavy atom. The van der Waals surface area contributed by atoms with E-state index >= 15 is 0 Å². The fraction of sp³-hybridized carbons (Fsp3) is 0.304. The van der Waals surface area contributed by atoms with E-state index in [1.807, 2.05) is 12.1 Å². The van der Waals surface area contributed by atoms with Crippen LogP contribution >= 0.6 is 23.2 Å². The van der Waals surface area contributed by atoms with Crippen LogP contribution < -0.4 is 14.8 Å². The number of hydrogen-bond donors (Lipinski definition) is 1. The molecular formula is C23H22Cl2N2O3. The van der Waals surface area contributed by atoms with E-state index in [1.54, 1.807) is 36.4 Å². The van der Waals surface area contributed by atoms with Crippen molar-refractivity contribution in [2.45, 2.75) is 38.3 Å². The molecule has 0 spiro atoms. The van der Waals surface area contributed by atoms with Gasteiger partial charge in [-0.05, 0) is 54.3 Å². The van der Waals surface area contributed by atoms with Crippen LogP contribution in [0, 0.1) is 11.3 Å². The minimum absolute atomic E-state index is 0.0634. The molecule has 1 fully saturated rings. The second-order valence-electron chi connectivity index (χ2n) is 7.07. The van der Waals surface area contributed by atoms with Crippen molar-refractivity contribution in [2.75, 3.05) is 7.11 Å². The number of ether oxygens (including phenoxy) is 2. The second-order valence-corrected chi connectivity index (χ2v) is 7.89. The van der Waals surface area contributed by atoms with Gasteiger partial charge in [0, 0.05) is 6.04 Å². The van der Waals surface area contributed by atoms with Crippen LogP contribution in [0.2, 0.25) is 10.0 Å². The number of benzene rings is 2. The molecule has 1 aliphatic carbocycles. The Hall–Kier alpha value is -2.68. The molecule has 1 saturated carbocycles. The van der Waals surface area contributed by atoms with Gasteiger partial charge in [-0.2, -0.15) is 5.26 Å². The van der Waals surface area contributed by atoms with E-state index in [9.17, 15) is 10.1 Å². The number of methoxy groups -OCH3 is 1. The van der Waals surface area contributed by atoms with Crippen molar-refractivity contribution < 1.29 is 14.3 Å². The molecule has 0 unspecified atom stereocenters. The molecule has 0 aliphatic heterocycles. The van der Waals surface area contributed by atoms with Gasteiger partial charge < -0.3 is 14.8 Å². The summed E-state index contributed by atoms with van der Waals surface area (Å²) in [5.41, 5.74) is 1.60. The number of nitrogens with one attached hydrogen (secondary N) is 1. The largest absolute Gasteiger partial charge is 0.493 e.